The van der Waals surface area contributed by atoms with Gasteiger partial charge in [0, 0.05) is 16.7 Å². The molecule has 146 valence electrons. The van der Waals surface area contributed by atoms with Gasteiger partial charge in [-0.2, -0.15) is 0 Å². The molecule has 0 heterocycles. The summed E-state index contributed by atoms with van der Waals surface area (Å²) >= 11 is 0. The monoisotopic (exact) mass is 387 g/mol. The number of aliphatic imine (C=N–C) groups is 1. The molecule has 1 atom stereocenters. The number of rotatable bonds is 6. The van der Waals surface area contributed by atoms with Crippen LogP contribution >= 0.6 is 0 Å². The van der Waals surface area contributed by atoms with Gasteiger partial charge in [-0.3, -0.25) is 4.99 Å². The zero-order valence-corrected chi connectivity index (χ0v) is 16.2. The van der Waals surface area contributed by atoms with E-state index in [4.69, 9.17) is 14.5 Å². The Morgan fingerprint density at radius 2 is 1.24 bits per heavy atom. The second-order valence-electron chi connectivity index (χ2n) is 6.21. The number of carbonyl (C=O) groups is 2. The molecular formula is C24H21NO4. The molecule has 3 aromatic rings. The highest BCUT2D eigenvalue weighted by Crippen LogP contribution is 2.26. The normalized spacial score (nSPS) is 11.2. The van der Waals surface area contributed by atoms with E-state index in [1.54, 1.807) is 24.3 Å². The molecule has 0 aliphatic heterocycles. The Labute approximate surface area is 169 Å². The van der Waals surface area contributed by atoms with E-state index in [1.807, 2.05) is 60.7 Å². The van der Waals surface area contributed by atoms with Crippen LogP contribution in [0.4, 0.5) is 0 Å². The number of hydrogen-bond acceptors (Lipinski definition) is 5. The summed E-state index contributed by atoms with van der Waals surface area (Å²) in [7, 11) is 2.60. The molecule has 0 amide bonds. The maximum absolute atomic E-state index is 12.7. The molecule has 3 aromatic carbocycles. The summed E-state index contributed by atoms with van der Waals surface area (Å²) in [6.45, 7) is 0. The van der Waals surface area contributed by atoms with Gasteiger partial charge in [0.05, 0.1) is 25.5 Å². The number of carbonyl (C=O) groups excluding carboxylic acids is 2. The molecule has 0 saturated carbocycles. The molecule has 1 unspecified atom stereocenters. The van der Waals surface area contributed by atoms with Crippen LogP contribution in [0.5, 0.6) is 0 Å². The van der Waals surface area contributed by atoms with Crippen molar-refractivity contribution in [3.05, 3.63) is 107 Å². The molecule has 0 N–H and O–H groups in total. The number of esters is 2. The van der Waals surface area contributed by atoms with Crippen molar-refractivity contribution in [1.29, 1.82) is 0 Å². The zero-order valence-electron chi connectivity index (χ0n) is 16.2. The Balaban J connectivity index is 2.21. The van der Waals surface area contributed by atoms with Crippen LogP contribution in [0.15, 0.2) is 89.9 Å². The van der Waals surface area contributed by atoms with E-state index in [-0.39, 0.29) is 5.56 Å². The van der Waals surface area contributed by atoms with Gasteiger partial charge >= 0.3 is 11.9 Å². The molecule has 5 heteroatoms. The van der Waals surface area contributed by atoms with Gasteiger partial charge in [0.2, 0.25) is 0 Å². The van der Waals surface area contributed by atoms with Crippen LogP contribution in [-0.2, 0) is 14.3 Å². The van der Waals surface area contributed by atoms with Crippen molar-refractivity contribution in [3.63, 3.8) is 0 Å². The number of methoxy groups -OCH3 is 2. The Bertz CT molecular complexity index is 972. The van der Waals surface area contributed by atoms with Gasteiger partial charge in [0.1, 0.15) is 0 Å². The third-order valence-corrected chi connectivity index (χ3v) is 4.44. The van der Waals surface area contributed by atoms with Crippen molar-refractivity contribution in [3.8, 4) is 0 Å². The zero-order chi connectivity index (χ0) is 20.6. The van der Waals surface area contributed by atoms with E-state index in [0.717, 1.165) is 11.1 Å². The fourth-order valence-corrected chi connectivity index (χ4v) is 3.03. The fourth-order valence-electron chi connectivity index (χ4n) is 3.03. The molecule has 0 aliphatic carbocycles. The highest BCUT2D eigenvalue weighted by Gasteiger charge is 2.27. The molecule has 0 aromatic heterocycles. The molecule has 0 bridgehead atoms. The average Bonchev–Trinajstić information content (AvgIpc) is 2.80. The van der Waals surface area contributed by atoms with Crippen molar-refractivity contribution < 1.29 is 19.1 Å². The van der Waals surface area contributed by atoms with E-state index < -0.39 is 18.0 Å². The molecule has 29 heavy (non-hydrogen) atoms. The van der Waals surface area contributed by atoms with Crippen LogP contribution in [0, 0.1) is 0 Å². The van der Waals surface area contributed by atoms with Crippen molar-refractivity contribution in [1.82, 2.24) is 0 Å². The van der Waals surface area contributed by atoms with Gasteiger partial charge in [-0.1, -0.05) is 78.9 Å². The average molecular weight is 387 g/mol. The molecule has 0 radical (unpaired) electrons. The lowest BCUT2D eigenvalue weighted by Gasteiger charge is -2.17. The first-order chi connectivity index (χ1) is 14.2. The summed E-state index contributed by atoms with van der Waals surface area (Å²) in [5.74, 6) is -1.10. The summed E-state index contributed by atoms with van der Waals surface area (Å²) in [6.07, 6.45) is 0. The molecule has 0 spiro atoms. The third-order valence-electron chi connectivity index (χ3n) is 4.44. The van der Waals surface area contributed by atoms with Crippen LogP contribution in [-0.4, -0.2) is 31.9 Å². The summed E-state index contributed by atoms with van der Waals surface area (Å²) in [6, 6.07) is 24.9. The lowest BCUT2D eigenvalue weighted by molar-refractivity contribution is -0.142. The fraction of sp³-hybridized carbons (Fsp3) is 0.125. The molecule has 5 nitrogen and oxygen atoms in total. The molecule has 3 rings (SSSR count). The summed E-state index contributed by atoms with van der Waals surface area (Å²) in [5, 5.41) is 0. The Hall–Kier alpha value is -3.73. The predicted octanol–water partition coefficient (Wildman–Crippen LogP) is 4.22. The van der Waals surface area contributed by atoms with Crippen LogP contribution in [0.2, 0.25) is 0 Å². The predicted molar refractivity (Wildman–Crippen MR) is 111 cm³/mol. The minimum absolute atomic E-state index is 0.273. The lowest BCUT2D eigenvalue weighted by Crippen LogP contribution is -2.19. The molecule has 0 fully saturated rings. The summed E-state index contributed by atoms with van der Waals surface area (Å²) in [5.41, 5.74) is 3.03. The maximum Gasteiger partial charge on any atom is 0.338 e. The number of ether oxygens (including phenoxy) is 2. The largest absolute Gasteiger partial charge is 0.467 e. The van der Waals surface area contributed by atoms with Gasteiger partial charge in [0.15, 0.2) is 6.04 Å². The maximum atomic E-state index is 12.7. The first kappa shape index (κ1) is 20.0. The SMILES string of the molecule is COC(=O)c1ccccc1C(N=C(c1ccccc1)c1ccccc1)C(=O)OC. The summed E-state index contributed by atoms with van der Waals surface area (Å²) in [4.78, 5) is 29.7. The minimum Gasteiger partial charge on any atom is -0.467 e. The smallest absolute Gasteiger partial charge is 0.338 e. The quantitative estimate of drug-likeness (QED) is 0.469. The van der Waals surface area contributed by atoms with Gasteiger partial charge in [-0.25, -0.2) is 9.59 Å². The number of benzene rings is 3. The van der Waals surface area contributed by atoms with E-state index in [2.05, 4.69) is 0 Å². The van der Waals surface area contributed by atoms with Crippen molar-refractivity contribution in [2.24, 2.45) is 4.99 Å². The van der Waals surface area contributed by atoms with Crippen LogP contribution in [0.25, 0.3) is 0 Å². The first-order valence-corrected chi connectivity index (χ1v) is 9.09. The van der Waals surface area contributed by atoms with Crippen LogP contribution < -0.4 is 0 Å². The topological polar surface area (TPSA) is 65.0 Å². The Morgan fingerprint density at radius 3 is 1.76 bits per heavy atom. The van der Waals surface area contributed by atoms with E-state index in [1.165, 1.54) is 14.2 Å². The van der Waals surface area contributed by atoms with Crippen molar-refractivity contribution in [2.45, 2.75) is 6.04 Å². The molecular weight excluding hydrogens is 366 g/mol. The van der Waals surface area contributed by atoms with Gasteiger partial charge in [-0.15, -0.1) is 0 Å². The van der Waals surface area contributed by atoms with E-state index >= 15 is 0 Å². The van der Waals surface area contributed by atoms with Gasteiger partial charge in [0.25, 0.3) is 0 Å². The number of nitrogens with zero attached hydrogens (tertiary/aromatic N) is 1. The van der Waals surface area contributed by atoms with E-state index in [0.29, 0.717) is 11.3 Å². The second kappa shape index (κ2) is 9.46. The van der Waals surface area contributed by atoms with Gasteiger partial charge in [-0.05, 0) is 6.07 Å². The molecule has 0 saturated heterocycles. The standard InChI is InChI=1S/C24H21NO4/c1-28-23(26)20-16-10-9-15-19(20)22(24(27)29-2)25-21(17-11-5-3-6-12-17)18-13-7-4-8-14-18/h3-16,22H,1-2H3. The van der Waals surface area contributed by atoms with Gasteiger partial charge < -0.3 is 9.47 Å². The third kappa shape index (κ3) is 4.58. The highest BCUT2D eigenvalue weighted by atomic mass is 16.5. The summed E-state index contributed by atoms with van der Waals surface area (Å²) < 4.78 is 9.88. The Kier molecular flexibility index (Phi) is 6.53. The van der Waals surface area contributed by atoms with E-state index in [9.17, 15) is 9.59 Å². The van der Waals surface area contributed by atoms with Crippen molar-refractivity contribution in [2.75, 3.05) is 14.2 Å². The Morgan fingerprint density at radius 1 is 0.724 bits per heavy atom. The lowest BCUT2D eigenvalue weighted by atomic mass is 9.98. The second-order valence-corrected chi connectivity index (χ2v) is 6.21. The van der Waals surface area contributed by atoms with Crippen LogP contribution in [0.3, 0.4) is 0 Å². The first-order valence-electron chi connectivity index (χ1n) is 9.09. The number of hydrogen-bond donors (Lipinski definition) is 0. The molecule has 0 aliphatic rings. The highest BCUT2D eigenvalue weighted by molar-refractivity contribution is 6.13. The van der Waals surface area contributed by atoms with Crippen molar-refractivity contribution >= 4 is 17.7 Å². The minimum atomic E-state index is -1.02. The van der Waals surface area contributed by atoms with Crippen LogP contribution in [0.1, 0.15) is 33.1 Å².